The van der Waals surface area contributed by atoms with Gasteiger partial charge < -0.3 is 15.9 Å². The van der Waals surface area contributed by atoms with Crippen LogP contribution >= 0.6 is 11.3 Å². The molecule has 0 aliphatic carbocycles. The molecule has 2 aromatic carbocycles. The zero-order valence-electron chi connectivity index (χ0n) is 18.6. The van der Waals surface area contributed by atoms with E-state index in [0.717, 1.165) is 0 Å². The van der Waals surface area contributed by atoms with Gasteiger partial charge in [-0.25, -0.2) is 4.39 Å². The largest absolute Gasteiger partial charge is 0.481 e. The summed E-state index contributed by atoms with van der Waals surface area (Å²) in [5.41, 5.74) is 4.61. The predicted molar refractivity (Wildman–Crippen MR) is 126 cm³/mol. The summed E-state index contributed by atoms with van der Waals surface area (Å²) in [6.07, 6.45) is -1.22. The quantitative estimate of drug-likeness (QED) is 0.436. The van der Waals surface area contributed by atoms with Crippen LogP contribution in [0.4, 0.5) is 4.39 Å². The summed E-state index contributed by atoms with van der Waals surface area (Å²) >= 11 is 1.28. The number of thiophene rings is 1. The highest BCUT2D eigenvalue weighted by atomic mass is 32.1. The number of aliphatic carboxylic acids is 2. The van der Waals surface area contributed by atoms with Gasteiger partial charge in [-0.1, -0.05) is 24.3 Å². The highest BCUT2D eigenvalue weighted by Crippen LogP contribution is 2.57. The van der Waals surface area contributed by atoms with Crippen LogP contribution in [0.15, 0.2) is 47.8 Å². The van der Waals surface area contributed by atoms with Gasteiger partial charge in [-0.05, 0) is 60.4 Å². The van der Waals surface area contributed by atoms with Crippen LogP contribution in [-0.4, -0.2) is 34.4 Å². The minimum atomic E-state index is -1.78. The van der Waals surface area contributed by atoms with Crippen molar-refractivity contribution < 1.29 is 24.2 Å². The van der Waals surface area contributed by atoms with Gasteiger partial charge in [0.2, 0.25) is 0 Å². The Morgan fingerprint density at radius 3 is 2.47 bits per heavy atom. The molecule has 1 aliphatic rings. The van der Waals surface area contributed by atoms with Gasteiger partial charge in [0.25, 0.3) is 0 Å². The van der Waals surface area contributed by atoms with Gasteiger partial charge in [-0.15, -0.1) is 11.3 Å². The molecule has 0 amide bonds. The van der Waals surface area contributed by atoms with Crippen LogP contribution in [0.1, 0.15) is 36.5 Å². The summed E-state index contributed by atoms with van der Waals surface area (Å²) in [4.78, 5) is 25.9. The number of fused-ring (bicyclic) bond motifs is 1. The van der Waals surface area contributed by atoms with Crippen molar-refractivity contribution in [3.05, 3.63) is 70.4 Å². The molecule has 1 aromatic heterocycles. The minimum Gasteiger partial charge on any atom is -0.481 e. The lowest BCUT2D eigenvalue weighted by atomic mass is 9.52. The molecule has 9 heteroatoms. The Hall–Kier alpha value is -3.32. The monoisotopic (exact) mass is 481 g/mol. The number of nitrogens with zero attached hydrogens (tertiary/aromatic N) is 1. The van der Waals surface area contributed by atoms with E-state index in [-0.39, 0.29) is 6.42 Å². The molecule has 5 N–H and O–H groups in total. The molecular weight excluding hydrogens is 457 g/mol. The highest BCUT2D eigenvalue weighted by Gasteiger charge is 2.65. The van der Waals surface area contributed by atoms with E-state index in [1.165, 1.54) is 42.5 Å². The molecule has 0 bridgehead atoms. The van der Waals surface area contributed by atoms with E-state index in [1.54, 1.807) is 30.5 Å². The Morgan fingerprint density at radius 1 is 1.21 bits per heavy atom. The fourth-order valence-electron chi connectivity index (χ4n) is 5.34. The molecule has 3 aromatic rings. The Labute approximate surface area is 199 Å². The second-order valence-electron chi connectivity index (χ2n) is 9.02. The molecule has 0 saturated carbocycles. The number of nitrogens with two attached hydrogens (primary N) is 1. The van der Waals surface area contributed by atoms with Crippen LogP contribution in [0.25, 0.3) is 10.1 Å². The molecule has 1 saturated heterocycles. The summed E-state index contributed by atoms with van der Waals surface area (Å²) in [6.45, 7) is 3.21. The van der Waals surface area contributed by atoms with Crippen molar-refractivity contribution in [3.8, 4) is 6.07 Å². The maximum atomic E-state index is 13.6. The molecule has 0 radical (unpaired) electrons. The van der Waals surface area contributed by atoms with E-state index in [4.69, 9.17) is 5.73 Å². The van der Waals surface area contributed by atoms with Crippen molar-refractivity contribution in [2.24, 2.45) is 16.6 Å². The van der Waals surface area contributed by atoms with Crippen LogP contribution in [0.2, 0.25) is 0 Å². The van der Waals surface area contributed by atoms with Crippen molar-refractivity contribution in [1.29, 1.82) is 5.26 Å². The van der Waals surface area contributed by atoms with Crippen LogP contribution < -0.4 is 11.1 Å². The second kappa shape index (κ2) is 8.47. The molecular formula is C25H24FN3O4S. The van der Waals surface area contributed by atoms with Gasteiger partial charge in [0.15, 0.2) is 0 Å². The first-order valence-corrected chi connectivity index (χ1v) is 11.6. The normalized spacial score (nSPS) is 29.0. The van der Waals surface area contributed by atoms with E-state index < -0.39 is 46.7 Å². The van der Waals surface area contributed by atoms with Gasteiger partial charge in [-0.3, -0.25) is 14.9 Å². The Bertz CT molecular complexity index is 1320. The molecule has 7 nitrogen and oxygen atoms in total. The van der Waals surface area contributed by atoms with E-state index in [2.05, 4.69) is 11.4 Å². The Morgan fingerprint density at radius 2 is 1.88 bits per heavy atom. The number of hydrogen-bond acceptors (Lipinski definition) is 6. The molecule has 5 atom stereocenters. The van der Waals surface area contributed by atoms with Crippen molar-refractivity contribution in [1.82, 2.24) is 5.32 Å². The molecule has 2 heterocycles. The molecule has 176 valence electrons. The number of halogens is 1. The molecule has 0 spiro atoms. The molecule has 34 heavy (non-hydrogen) atoms. The maximum Gasteiger partial charge on any atom is 0.313 e. The first-order valence-electron chi connectivity index (χ1n) is 10.7. The van der Waals surface area contributed by atoms with Crippen LogP contribution in [0, 0.1) is 28.0 Å². The lowest BCUT2D eigenvalue weighted by Gasteiger charge is -2.55. The Balaban J connectivity index is 2.05. The van der Waals surface area contributed by atoms with Crippen molar-refractivity contribution in [2.75, 3.05) is 0 Å². The lowest BCUT2D eigenvalue weighted by Crippen LogP contribution is -2.72. The Kier molecular flexibility index (Phi) is 5.94. The van der Waals surface area contributed by atoms with Crippen molar-refractivity contribution >= 4 is 33.4 Å². The minimum absolute atomic E-state index is 0.119. The summed E-state index contributed by atoms with van der Waals surface area (Å²) in [6, 6.07) is 12.1. The molecule has 1 fully saturated rings. The van der Waals surface area contributed by atoms with Gasteiger partial charge in [0, 0.05) is 12.0 Å². The zero-order chi connectivity index (χ0) is 24.8. The van der Waals surface area contributed by atoms with E-state index >= 15 is 0 Å². The second-order valence-corrected chi connectivity index (χ2v) is 9.90. The standard InChI is InChI=1S/C25H24FN3O4S/c1-13-24(2,22(30)31)20(18-12-34-19-15(11-27)4-3-5-17(18)19)25(23(32)33,21(28)29-13)10-14-6-8-16(26)9-7-14/h3-9,12-13,20-21,29H,10,28H2,1-2H3,(H,30,31)(H,32,33). The number of carboxylic acid groups (broad SMARTS) is 2. The maximum absolute atomic E-state index is 13.6. The fraction of sp³-hybridized carbons (Fsp3) is 0.320. The lowest BCUT2D eigenvalue weighted by molar-refractivity contribution is -0.171. The zero-order valence-corrected chi connectivity index (χ0v) is 19.4. The summed E-state index contributed by atoms with van der Waals surface area (Å²) in [7, 11) is 0. The summed E-state index contributed by atoms with van der Waals surface area (Å²) in [5.74, 6) is -3.94. The van der Waals surface area contributed by atoms with Crippen LogP contribution in [0.5, 0.6) is 0 Å². The average Bonchev–Trinajstić information content (AvgIpc) is 3.22. The van der Waals surface area contributed by atoms with Crippen LogP contribution in [0.3, 0.4) is 0 Å². The van der Waals surface area contributed by atoms with E-state index in [9.17, 15) is 29.5 Å². The number of nitriles is 1. The topological polar surface area (TPSA) is 136 Å². The third-order valence-corrected chi connectivity index (χ3v) is 8.38. The third kappa shape index (κ3) is 3.38. The molecule has 1 aliphatic heterocycles. The number of rotatable bonds is 5. The van der Waals surface area contributed by atoms with E-state index in [1.807, 2.05) is 0 Å². The van der Waals surface area contributed by atoms with Crippen molar-refractivity contribution in [2.45, 2.75) is 38.4 Å². The smallest absolute Gasteiger partial charge is 0.313 e. The molecule has 5 unspecified atom stereocenters. The van der Waals surface area contributed by atoms with E-state index in [0.29, 0.717) is 26.8 Å². The number of piperidine rings is 1. The van der Waals surface area contributed by atoms with Gasteiger partial charge in [0.1, 0.15) is 17.3 Å². The number of carbonyl (C=O) groups is 2. The summed E-state index contributed by atoms with van der Waals surface area (Å²) < 4.78 is 14.2. The van der Waals surface area contributed by atoms with Gasteiger partial charge in [0.05, 0.1) is 21.8 Å². The fourth-order valence-corrected chi connectivity index (χ4v) is 6.40. The van der Waals surface area contributed by atoms with Crippen LogP contribution in [-0.2, 0) is 16.0 Å². The van der Waals surface area contributed by atoms with Crippen molar-refractivity contribution in [3.63, 3.8) is 0 Å². The number of hydrogen-bond donors (Lipinski definition) is 4. The SMILES string of the molecule is CC1NC(N)C(Cc2ccc(F)cc2)(C(=O)O)C(c2csc3c(C#N)cccc23)C1(C)C(=O)O. The highest BCUT2D eigenvalue weighted by molar-refractivity contribution is 7.17. The van der Waals surface area contributed by atoms with Gasteiger partial charge >= 0.3 is 11.9 Å². The van der Waals surface area contributed by atoms with Gasteiger partial charge in [-0.2, -0.15) is 5.26 Å². The predicted octanol–water partition coefficient (Wildman–Crippen LogP) is 3.68. The first-order chi connectivity index (χ1) is 16.1. The molecule has 4 rings (SSSR count). The summed E-state index contributed by atoms with van der Waals surface area (Å²) in [5, 5.41) is 36.1. The number of carboxylic acids is 2. The average molecular weight is 482 g/mol. The third-order valence-electron chi connectivity index (χ3n) is 7.33. The number of benzene rings is 2. The first kappa shape index (κ1) is 23.8. The number of nitrogens with one attached hydrogen (secondary N) is 1.